The third-order valence-electron chi connectivity index (χ3n) is 6.73. The van der Waals surface area contributed by atoms with Crippen molar-refractivity contribution in [1.29, 1.82) is 0 Å². The van der Waals surface area contributed by atoms with Crippen molar-refractivity contribution in [2.24, 2.45) is 4.99 Å². The molecule has 0 radical (unpaired) electrons. The number of para-hydroxylation sites is 1. The summed E-state index contributed by atoms with van der Waals surface area (Å²) in [5, 5.41) is 4.88. The minimum atomic E-state index is -0.640. The van der Waals surface area contributed by atoms with E-state index in [0.29, 0.717) is 20.6 Å². The number of allylic oxidation sites excluding steroid dienone is 1. The second-order valence-electron chi connectivity index (χ2n) is 9.29. The van der Waals surface area contributed by atoms with Gasteiger partial charge in [0.15, 0.2) is 4.80 Å². The summed E-state index contributed by atoms with van der Waals surface area (Å²) in [6, 6.07) is 28.6. The fourth-order valence-corrected chi connectivity index (χ4v) is 5.95. The first kappa shape index (κ1) is 25.5. The van der Waals surface area contributed by atoms with E-state index in [9.17, 15) is 9.59 Å². The van der Waals surface area contributed by atoms with Crippen LogP contribution < -0.4 is 14.9 Å². The monoisotopic (exact) mass is 546 g/mol. The number of esters is 1. The molecule has 8 heteroatoms. The van der Waals surface area contributed by atoms with Crippen LogP contribution in [0.5, 0.6) is 0 Å². The van der Waals surface area contributed by atoms with Gasteiger partial charge in [0.2, 0.25) is 0 Å². The molecule has 40 heavy (non-hydrogen) atoms. The quantitative estimate of drug-likeness (QED) is 0.291. The lowest BCUT2D eigenvalue weighted by Crippen LogP contribution is -2.39. The van der Waals surface area contributed by atoms with Crippen molar-refractivity contribution in [2.45, 2.75) is 19.9 Å². The number of carbonyl (C=O) groups excluding carboxylic acids is 1. The summed E-state index contributed by atoms with van der Waals surface area (Å²) in [7, 11) is 0. The normalized spacial score (nSPS) is 15.1. The van der Waals surface area contributed by atoms with Crippen molar-refractivity contribution in [1.82, 2.24) is 14.3 Å². The predicted molar refractivity (Wildman–Crippen MR) is 156 cm³/mol. The molecular weight excluding hydrogens is 520 g/mol. The molecule has 0 saturated carbocycles. The van der Waals surface area contributed by atoms with Crippen LogP contribution >= 0.6 is 11.3 Å². The molecule has 198 valence electrons. The standard InChI is InChI=1S/C32H26N4O3S/c1-3-39-31(38)27-21(2)33-32-36(29(27)23-15-9-5-10-16-23)30(37)26(40-32)19-24-20-35(25-17-11-6-12-18-25)34-28(24)22-13-7-4-8-14-22/h4-20,29H,3H2,1-2H3/b26-19-. The first-order valence-electron chi connectivity index (χ1n) is 13.0. The number of rotatable bonds is 6. The Morgan fingerprint density at radius 3 is 2.30 bits per heavy atom. The highest BCUT2D eigenvalue weighted by atomic mass is 32.1. The molecule has 1 aliphatic heterocycles. The van der Waals surface area contributed by atoms with E-state index in [1.165, 1.54) is 11.3 Å². The average Bonchev–Trinajstić information content (AvgIpc) is 3.54. The van der Waals surface area contributed by atoms with Crippen molar-refractivity contribution in [2.75, 3.05) is 6.61 Å². The van der Waals surface area contributed by atoms with Gasteiger partial charge in [0.25, 0.3) is 5.56 Å². The third kappa shape index (κ3) is 4.63. The first-order valence-corrected chi connectivity index (χ1v) is 13.8. The second-order valence-corrected chi connectivity index (χ2v) is 10.3. The Kier molecular flexibility index (Phi) is 6.84. The Morgan fingerprint density at radius 2 is 1.62 bits per heavy atom. The van der Waals surface area contributed by atoms with E-state index in [0.717, 1.165) is 28.1 Å². The van der Waals surface area contributed by atoms with Crippen molar-refractivity contribution in [3.63, 3.8) is 0 Å². The van der Waals surface area contributed by atoms with Crippen LogP contribution in [0.15, 0.2) is 118 Å². The van der Waals surface area contributed by atoms with Gasteiger partial charge in [0.05, 0.1) is 39.8 Å². The summed E-state index contributed by atoms with van der Waals surface area (Å²) in [6.07, 6.45) is 3.80. The SMILES string of the molecule is CCOC(=O)C1=C(C)N=c2s/c(=C\c3cn(-c4ccccc4)nc3-c3ccccc3)c(=O)n2C1c1ccccc1. The zero-order valence-electron chi connectivity index (χ0n) is 22.0. The summed E-state index contributed by atoms with van der Waals surface area (Å²) >= 11 is 1.30. The molecule has 6 rings (SSSR count). The minimum Gasteiger partial charge on any atom is -0.463 e. The molecule has 0 spiro atoms. The molecule has 1 unspecified atom stereocenters. The zero-order chi connectivity index (χ0) is 27.6. The van der Waals surface area contributed by atoms with Crippen LogP contribution in [0.25, 0.3) is 23.0 Å². The van der Waals surface area contributed by atoms with E-state index in [2.05, 4.69) is 4.99 Å². The Morgan fingerprint density at radius 1 is 0.975 bits per heavy atom. The Labute approximate surface area is 234 Å². The molecule has 0 bridgehead atoms. The topological polar surface area (TPSA) is 78.5 Å². The van der Waals surface area contributed by atoms with Crippen LogP contribution in [0.4, 0.5) is 0 Å². The number of aromatic nitrogens is 3. The number of hydrogen-bond donors (Lipinski definition) is 0. The van der Waals surface area contributed by atoms with E-state index >= 15 is 0 Å². The predicted octanol–water partition coefficient (Wildman–Crippen LogP) is 4.65. The Bertz CT molecular complexity index is 1900. The second kappa shape index (κ2) is 10.7. The minimum absolute atomic E-state index is 0.224. The Hall–Kier alpha value is -4.82. The van der Waals surface area contributed by atoms with E-state index in [1.54, 1.807) is 18.4 Å². The summed E-state index contributed by atoms with van der Waals surface area (Å²) in [5.74, 6) is -0.470. The molecule has 1 aliphatic rings. The first-order chi connectivity index (χ1) is 19.5. The smallest absolute Gasteiger partial charge is 0.338 e. The van der Waals surface area contributed by atoms with Crippen molar-refractivity contribution in [3.05, 3.63) is 139 Å². The summed E-state index contributed by atoms with van der Waals surface area (Å²) in [4.78, 5) is 32.3. The molecule has 0 fully saturated rings. The molecule has 0 amide bonds. The highest BCUT2D eigenvalue weighted by Crippen LogP contribution is 2.30. The van der Waals surface area contributed by atoms with Gasteiger partial charge in [-0.05, 0) is 37.6 Å². The lowest BCUT2D eigenvalue weighted by atomic mass is 9.96. The van der Waals surface area contributed by atoms with Crippen LogP contribution in [0.2, 0.25) is 0 Å². The lowest BCUT2D eigenvalue weighted by Gasteiger charge is -2.24. The van der Waals surface area contributed by atoms with Gasteiger partial charge >= 0.3 is 5.97 Å². The fourth-order valence-electron chi connectivity index (χ4n) is 4.91. The van der Waals surface area contributed by atoms with Gasteiger partial charge < -0.3 is 4.74 Å². The maximum atomic E-state index is 14.0. The van der Waals surface area contributed by atoms with Gasteiger partial charge in [-0.25, -0.2) is 14.5 Å². The highest BCUT2D eigenvalue weighted by Gasteiger charge is 2.33. The molecule has 7 nitrogen and oxygen atoms in total. The van der Waals surface area contributed by atoms with Gasteiger partial charge in [-0.15, -0.1) is 0 Å². The van der Waals surface area contributed by atoms with Crippen LogP contribution in [0.1, 0.15) is 31.0 Å². The molecule has 3 aromatic carbocycles. The van der Waals surface area contributed by atoms with Gasteiger partial charge in [0, 0.05) is 17.3 Å². The van der Waals surface area contributed by atoms with Crippen LogP contribution in [-0.4, -0.2) is 26.9 Å². The number of fused-ring (bicyclic) bond motifs is 1. The highest BCUT2D eigenvalue weighted by molar-refractivity contribution is 7.07. The van der Waals surface area contributed by atoms with E-state index in [-0.39, 0.29) is 12.2 Å². The molecule has 5 aromatic rings. The molecule has 0 aliphatic carbocycles. The van der Waals surface area contributed by atoms with Gasteiger partial charge in [0.1, 0.15) is 0 Å². The van der Waals surface area contributed by atoms with Gasteiger partial charge in [-0.1, -0.05) is 90.2 Å². The maximum absolute atomic E-state index is 14.0. The Balaban J connectivity index is 1.56. The third-order valence-corrected chi connectivity index (χ3v) is 7.71. The van der Waals surface area contributed by atoms with Crippen molar-refractivity contribution < 1.29 is 9.53 Å². The van der Waals surface area contributed by atoms with Gasteiger partial charge in [-0.3, -0.25) is 9.36 Å². The van der Waals surface area contributed by atoms with Crippen molar-refractivity contribution >= 4 is 23.4 Å². The van der Waals surface area contributed by atoms with Gasteiger partial charge in [-0.2, -0.15) is 5.10 Å². The van der Waals surface area contributed by atoms with E-state index in [1.807, 2.05) is 108 Å². The number of ether oxygens (including phenoxy) is 1. The molecular formula is C32H26N4O3S. The molecule has 0 saturated heterocycles. The molecule has 2 aromatic heterocycles. The summed E-state index contributed by atoms with van der Waals surface area (Å²) < 4.78 is 9.31. The number of hydrogen-bond acceptors (Lipinski definition) is 6. The van der Waals surface area contributed by atoms with E-state index in [4.69, 9.17) is 9.84 Å². The van der Waals surface area contributed by atoms with Crippen LogP contribution in [0, 0.1) is 0 Å². The largest absolute Gasteiger partial charge is 0.463 e. The number of thiazole rings is 1. The van der Waals surface area contributed by atoms with Crippen LogP contribution in [-0.2, 0) is 9.53 Å². The molecule has 1 atom stereocenters. The van der Waals surface area contributed by atoms with Crippen molar-refractivity contribution in [3.8, 4) is 16.9 Å². The molecule has 0 N–H and O–H groups in total. The summed E-state index contributed by atoms with van der Waals surface area (Å²) in [6.45, 7) is 3.78. The van der Waals surface area contributed by atoms with E-state index < -0.39 is 12.0 Å². The van der Waals surface area contributed by atoms with Crippen LogP contribution in [0.3, 0.4) is 0 Å². The molecule has 3 heterocycles. The average molecular weight is 547 g/mol. The number of benzene rings is 3. The zero-order valence-corrected chi connectivity index (χ0v) is 22.8. The fraction of sp³-hybridized carbons (Fsp3) is 0.125. The lowest BCUT2D eigenvalue weighted by molar-refractivity contribution is -0.139. The summed E-state index contributed by atoms with van der Waals surface area (Å²) in [5.41, 5.74) is 4.93. The number of nitrogens with zero attached hydrogens (tertiary/aromatic N) is 4. The maximum Gasteiger partial charge on any atom is 0.338 e. The number of carbonyl (C=O) groups is 1.